The van der Waals surface area contributed by atoms with E-state index in [0.717, 1.165) is 5.69 Å². The van der Waals surface area contributed by atoms with Gasteiger partial charge in [0.15, 0.2) is 5.82 Å². The highest BCUT2D eigenvalue weighted by Gasteiger charge is 2.58. The van der Waals surface area contributed by atoms with Crippen LogP contribution in [0.15, 0.2) is 29.1 Å². The third-order valence-corrected chi connectivity index (χ3v) is 7.32. The lowest BCUT2D eigenvalue weighted by atomic mass is 10.0. The Bertz CT molecular complexity index is 1420. The zero-order valence-corrected chi connectivity index (χ0v) is 20.9. The van der Waals surface area contributed by atoms with E-state index in [1.807, 2.05) is 13.8 Å². The number of nitrogens with one attached hydrogen (secondary N) is 2. The smallest absolute Gasteiger partial charge is 0.270 e. The van der Waals surface area contributed by atoms with Crippen molar-refractivity contribution in [2.45, 2.75) is 51.6 Å². The van der Waals surface area contributed by atoms with Crippen LogP contribution in [-0.4, -0.2) is 63.9 Å². The number of anilines is 1. The van der Waals surface area contributed by atoms with Gasteiger partial charge in [0.1, 0.15) is 16.9 Å². The SMILES string of the molecule is CCc1nc2ccc(C(C)N3CCN(c4ccc(C(=O)NC5CC5(F)F)nc4C)CC3)c(F)c2[nH]c1=O. The number of rotatable bonds is 6. The van der Waals surface area contributed by atoms with Gasteiger partial charge in [-0.2, -0.15) is 0 Å². The number of alkyl halides is 2. The first-order chi connectivity index (χ1) is 17.6. The fraction of sp³-hybridized carbons (Fsp3) is 0.462. The Morgan fingerprint density at radius 1 is 1.19 bits per heavy atom. The number of aromatic nitrogens is 3. The number of halogens is 3. The van der Waals surface area contributed by atoms with E-state index in [1.165, 1.54) is 0 Å². The molecular weight excluding hydrogens is 485 g/mol. The van der Waals surface area contributed by atoms with Crippen LogP contribution in [0.4, 0.5) is 18.9 Å². The largest absolute Gasteiger partial charge is 0.368 e. The van der Waals surface area contributed by atoms with Crippen molar-refractivity contribution in [1.82, 2.24) is 25.2 Å². The third kappa shape index (κ3) is 4.79. The van der Waals surface area contributed by atoms with Crippen LogP contribution < -0.4 is 15.8 Å². The Morgan fingerprint density at radius 2 is 1.89 bits per heavy atom. The van der Waals surface area contributed by atoms with Gasteiger partial charge < -0.3 is 15.2 Å². The van der Waals surface area contributed by atoms with Crippen molar-refractivity contribution in [3.63, 3.8) is 0 Å². The normalized spacial score (nSPS) is 20.2. The standard InChI is InChI=1S/C26H29F3N6O2/c1-4-17-24(36)33-23-18(31-17)6-5-16(22(23)27)15(3)34-9-11-35(12-10-34)20-8-7-19(30-14(20)2)25(37)32-21-13-26(21,28)29/h5-8,15,21H,4,9-13H2,1-3H3,(H,32,37)(H,33,36). The minimum atomic E-state index is -2.83. The summed E-state index contributed by atoms with van der Waals surface area (Å²) in [6, 6.07) is 5.48. The Balaban J connectivity index is 1.25. The van der Waals surface area contributed by atoms with E-state index < -0.39 is 23.7 Å². The summed E-state index contributed by atoms with van der Waals surface area (Å²) in [6.07, 6.45) is 0.135. The zero-order chi connectivity index (χ0) is 26.5. The Labute approximate surface area is 211 Å². The van der Waals surface area contributed by atoms with Gasteiger partial charge in [0.05, 0.1) is 22.9 Å². The quantitative estimate of drug-likeness (QED) is 0.524. The summed E-state index contributed by atoms with van der Waals surface area (Å²) in [5, 5.41) is 2.32. The number of amides is 1. The van der Waals surface area contributed by atoms with Crippen LogP contribution in [0.1, 0.15) is 53.7 Å². The Kier molecular flexibility index (Phi) is 6.43. The van der Waals surface area contributed by atoms with Gasteiger partial charge in [-0.25, -0.2) is 23.1 Å². The molecule has 5 rings (SSSR count). The first-order valence-electron chi connectivity index (χ1n) is 12.5. The molecule has 1 saturated carbocycles. The van der Waals surface area contributed by atoms with Crippen LogP contribution in [0.5, 0.6) is 0 Å². The molecule has 2 N–H and O–H groups in total. The van der Waals surface area contributed by atoms with Gasteiger partial charge in [-0.3, -0.25) is 14.5 Å². The number of fused-ring (bicyclic) bond motifs is 1. The summed E-state index contributed by atoms with van der Waals surface area (Å²) in [6.45, 7) is 8.23. The number of aryl methyl sites for hydroxylation is 2. The van der Waals surface area contributed by atoms with E-state index in [1.54, 1.807) is 31.2 Å². The van der Waals surface area contributed by atoms with Crippen LogP contribution in [0, 0.1) is 12.7 Å². The summed E-state index contributed by atoms with van der Waals surface area (Å²) in [5.74, 6) is -3.89. The summed E-state index contributed by atoms with van der Waals surface area (Å²) >= 11 is 0. The predicted octanol–water partition coefficient (Wildman–Crippen LogP) is 3.35. The van der Waals surface area contributed by atoms with Crippen molar-refractivity contribution in [3.8, 4) is 0 Å². The molecule has 1 aliphatic heterocycles. The fourth-order valence-electron chi connectivity index (χ4n) is 4.90. The molecule has 1 amide bonds. The molecule has 2 unspecified atom stereocenters. The maximum Gasteiger partial charge on any atom is 0.270 e. The second kappa shape index (κ2) is 9.44. The lowest BCUT2D eigenvalue weighted by molar-refractivity contribution is 0.0845. The lowest BCUT2D eigenvalue weighted by Crippen LogP contribution is -2.47. The highest BCUT2D eigenvalue weighted by Crippen LogP contribution is 2.41. The number of aromatic amines is 1. The number of H-pyrrole nitrogens is 1. The third-order valence-electron chi connectivity index (χ3n) is 7.32. The molecule has 0 bridgehead atoms. The molecule has 3 aromatic rings. The monoisotopic (exact) mass is 514 g/mol. The molecular formula is C26H29F3N6O2. The van der Waals surface area contributed by atoms with Gasteiger partial charge in [-0.15, -0.1) is 0 Å². The molecule has 1 aliphatic carbocycles. The fourth-order valence-corrected chi connectivity index (χ4v) is 4.90. The molecule has 196 valence electrons. The maximum absolute atomic E-state index is 15.4. The predicted molar refractivity (Wildman–Crippen MR) is 134 cm³/mol. The molecule has 2 fully saturated rings. The number of hydrogen-bond donors (Lipinski definition) is 2. The van der Waals surface area contributed by atoms with E-state index >= 15 is 4.39 Å². The van der Waals surface area contributed by atoms with Crippen molar-refractivity contribution >= 4 is 22.6 Å². The van der Waals surface area contributed by atoms with Gasteiger partial charge in [-0.1, -0.05) is 13.0 Å². The van der Waals surface area contributed by atoms with Crippen molar-refractivity contribution in [1.29, 1.82) is 0 Å². The lowest BCUT2D eigenvalue weighted by Gasteiger charge is -2.39. The summed E-state index contributed by atoms with van der Waals surface area (Å²) in [7, 11) is 0. The Hall–Kier alpha value is -3.47. The van der Waals surface area contributed by atoms with E-state index in [9.17, 15) is 18.4 Å². The van der Waals surface area contributed by atoms with Crippen LogP contribution in [0.25, 0.3) is 11.0 Å². The molecule has 2 aromatic heterocycles. The zero-order valence-electron chi connectivity index (χ0n) is 20.9. The first kappa shape index (κ1) is 25.2. The van der Waals surface area contributed by atoms with Crippen molar-refractivity contribution in [3.05, 3.63) is 63.1 Å². The van der Waals surface area contributed by atoms with Crippen LogP contribution in [0.2, 0.25) is 0 Å². The highest BCUT2D eigenvalue weighted by atomic mass is 19.3. The molecule has 0 spiro atoms. The maximum atomic E-state index is 15.4. The molecule has 37 heavy (non-hydrogen) atoms. The van der Waals surface area contributed by atoms with Gasteiger partial charge >= 0.3 is 0 Å². The number of hydrogen-bond acceptors (Lipinski definition) is 6. The second-order valence-corrected chi connectivity index (χ2v) is 9.72. The highest BCUT2D eigenvalue weighted by molar-refractivity contribution is 5.93. The first-order valence-corrected chi connectivity index (χ1v) is 12.5. The van der Waals surface area contributed by atoms with Gasteiger partial charge in [0.2, 0.25) is 0 Å². The topological polar surface area (TPSA) is 94.2 Å². The van der Waals surface area contributed by atoms with Crippen LogP contribution in [-0.2, 0) is 6.42 Å². The number of piperazine rings is 1. The van der Waals surface area contributed by atoms with Gasteiger partial charge in [-0.05, 0) is 38.5 Å². The number of benzene rings is 1. The second-order valence-electron chi connectivity index (χ2n) is 9.72. The summed E-state index contributed by atoms with van der Waals surface area (Å²) < 4.78 is 41.6. The summed E-state index contributed by atoms with van der Waals surface area (Å²) in [4.78, 5) is 40.0. The van der Waals surface area contributed by atoms with Crippen molar-refractivity contribution < 1.29 is 18.0 Å². The molecule has 1 aromatic carbocycles. The van der Waals surface area contributed by atoms with Gasteiger partial charge in [0.25, 0.3) is 17.4 Å². The molecule has 3 heterocycles. The van der Waals surface area contributed by atoms with Crippen molar-refractivity contribution in [2.75, 3.05) is 31.1 Å². The van der Waals surface area contributed by atoms with Crippen molar-refractivity contribution in [2.24, 2.45) is 0 Å². The number of nitrogens with zero attached hydrogens (tertiary/aromatic N) is 4. The number of pyridine rings is 1. The summed E-state index contributed by atoms with van der Waals surface area (Å²) in [5.41, 5.74) is 2.69. The van der Waals surface area contributed by atoms with E-state index in [0.29, 0.717) is 55.1 Å². The number of carbonyl (C=O) groups excluding carboxylic acids is 1. The average Bonchev–Trinajstić information content (AvgIpc) is 3.49. The minimum absolute atomic E-state index is 0.113. The van der Waals surface area contributed by atoms with E-state index in [4.69, 9.17) is 0 Å². The molecule has 11 heteroatoms. The molecule has 0 radical (unpaired) electrons. The molecule has 2 atom stereocenters. The van der Waals surface area contributed by atoms with Crippen LogP contribution >= 0.6 is 0 Å². The average molecular weight is 515 g/mol. The van der Waals surface area contributed by atoms with E-state index in [-0.39, 0.29) is 29.2 Å². The minimum Gasteiger partial charge on any atom is -0.368 e. The molecule has 2 aliphatic rings. The molecule has 8 nitrogen and oxygen atoms in total. The van der Waals surface area contributed by atoms with Gasteiger partial charge in [0, 0.05) is 44.2 Å². The molecule has 1 saturated heterocycles. The van der Waals surface area contributed by atoms with E-state index in [2.05, 4.69) is 30.1 Å². The Morgan fingerprint density at radius 3 is 2.51 bits per heavy atom. The number of carbonyl (C=O) groups is 1. The van der Waals surface area contributed by atoms with Crippen LogP contribution in [0.3, 0.4) is 0 Å².